The van der Waals surface area contributed by atoms with Gasteiger partial charge in [-0.2, -0.15) is 0 Å². The first-order valence-electron chi connectivity index (χ1n) is 7.90. The van der Waals surface area contributed by atoms with E-state index in [2.05, 4.69) is 17.1 Å². The SMILES string of the molecule is CCN1CCC(NC2CCS(=O)(=O)c3ccccc32)CC1. The number of likely N-dealkylation sites (tertiary alicyclic amines) is 1. The van der Waals surface area contributed by atoms with Crippen LogP contribution in [0.1, 0.15) is 37.8 Å². The molecule has 3 rings (SSSR count). The van der Waals surface area contributed by atoms with E-state index in [9.17, 15) is 8.42 Å². The van der Waals surface area contributed by atoms with Crippen LogP contribution >= 0.6 is 0 Å². The molecule has 1 aromatic carbocycles. The van der Waals surface area contributed by atoms with Crippen LogP contribution in [0, 0.1) is 0 Å². The predicted molar refractivity (Wildman–Crippen MR) is 84.1 cm³/mol. The molecule has 1 saturated heterocycles. The summed E-state index contributed by atoms with van der Waals surface area (Å²) in [6.45, 7) is 5.61. The van der Waals surface area contributed by atoms with Crippen molar-refractivity contribution in [1.82, 2.24) is 10.2 Å². The lowest BCUT2D eigenvalue weighted by Crippen LogP contribution is -2.44. The zero-order chi connectivity index (χ0) is 14.9. The third-order valence-corrected chi connectivity index (χ3v) is 6.59. The summed E-state index contributed by atoms with van der Waals surface area (Å²) < 4.78 is 24.3. The van der Waals surface area contributed by atoms with Gasteiger partial charge in [0.25, 0.3) is 0 Å². The first-order chi connectivity index (χ1) is 10.1. The van der Waals surface area contributed by atoms with Crippen LogP contribution in [-0.4, -0.2) is 44.7 Å². The minimum Gasteiger partial charge on any atom is -0.307 e. The van der Waals surface area contributed by atoms with Crippen LogP contribution in [0.3, 0.4) is 0 Å². The molecule has 1 fully saturated rings. The molecule has 0 spiro atoms. The Morgan fingerprint density at radius 1 is 1.19 bits per heavy atom. The molecule has 4 nitrogen and oxygen atoms in total. The second-order valence-corrected chi connectivity index (χ2v) is 8.15. The van der Waals surface area contributed by atoms with E-state index in [1.165, 1.54) is 0 Å². The summed E-state index contributed by atoms with van der Waals surface area (Å²) in [6.07, 6.45) is 2.99. The fourth-order valence-corrected chi connectivity index (χ4v) is 5.08. The van der Waals surface area contributed by atoms with Crippen molar-refractivity contribution in [2.24, 2.45) is 0 Å². The van der Waals surface area contributed by atoms with Crippen molar-refractivity contribution >= 4 is 9.84 Å². The van der Waals surface area contributed by atoms with Gasteiger partial charge in [0, 0.05) is 12.1 Å². The van der Waals surface area contributed by atoms with Crippen molar-refractivity contribution in [1.29, 1.82) is 0 Å². The number of sulfone groups is 1. The van der Waals surface area contributed by atoms with Crippen molar-refractivity contribution in [3.05, 3.63) is 29.8 Å². The average molecular weight is 308 g/mol. The minimum atomic E-state index is -3.08. The lowest BCUT2D eigenvalue weighted by atomic mass is 9.99. The summed E-state index contributed by atoms with van der Waals surface area (Å²) in [5, 5.41) is 3.71. The maximum Gasteiger partial charge on any atom is 0.178 e. The monoisotopic (exact) mass is 308 g/mol. The summed E-state index contributed by atoms with van der Waals surface area (Å²) in [7, 11) is -3.08. The van der Waals surface area contributed by atoms with Gasteiger partial charge in [0.1, 0.15) is 0 Å². The Hall–Kier alpha value is -0.910. The molecule has 2 heterocycles. The number of fused-ring (bicyclic) bond motifs is 1. The fraction of sp³-hybridized carbons (Fsp3) is 0.625. The Bertz CT molecular complexity index is 592. The zero-order valence-electron chi connectivity index (χ0n) is 12.6. The average Bonchev–Trinajstić information content (AvgIpc) is 2.51. The smallest absolute Gasteiger partial charge is 0.178 e. The standard InChI is InChI=1S/C16H24N2O2S/c1-2-18-10-7-13(8-11-18)17-15-9-12-21(19,20)16-6-4-3-5-14(15)16/h3-6,13,15,17H,2,7-12H2,1H3. The lowest BCUT2D eigenvalue weighted by Gasteiger charge is -2.35. The topological polar surface area (TPSA) is 49.4 Å². The molecule has 2 aliphatic heterocycles. The molecule has 1 unspecified atom stereocenters. The quantitative estimate of drug-likeness (QED) is 0.927. The van der Waals surface area contributed by atoms with E-state index in [1.807, 2.05) is 18.2 Å². The molecule has 1 aromatic rings. The first-order valence-corrected chi connectivity index (χ1v) is 9.55. The number of hydrogen-bond donors (Lipinski definition) is 1. The van der Waals surface area contributed by atoms with E-state index in [0.717, 1.165) is 38.0 Å². The molecule has 2 aliphatic rings. The molecular formula is C16H24N2O2S. The molecule has 0 radical (unpaired) electrons. The summed E-state index contributed by atoms with van der Waals surface area (Å²) in [5.74, 6) is 0.259. The molecular weight excluding hydrogens is 284 g/mol. The van der Waals surface area contributed by atoms with E-state index in [-0.39, 0.29) is 11.8 Å². The molecule has 5 heteroatoms. The van der Waals surface area contributed by atoms with Crippen molar-refractivity contribution < 1.29 is 8.42 Å². The minimum absolute atomic E-state index is 0.183. The lowest BCUT2D eigenvalue weighted by molar-refractivity contribution is 0.197. The third kappa shape index (κ3) is 3.15. The van der Waals surface area contributed by atoms with Gasteiger partial charge in [0.15, 0.2) is 9.84 Å². The fourth-order valence-electron chi connectivity index (χ4n) is 3.46. The van der Waals surface area contributed by atoms with Gasteiger partial charge in [0.2, 0.25) is 0 Å². The molecule has 1 atom stereocenters. The highest BCUT2D eigenvalue weighted by molar-refractivity contribution is 7.91. The Morgan fingerprint density at radius 2 is 1.90 bits per heavy atom. The van der Waals surface area contributed by atoms with Crippen LogP contribution in [0.25, 0.3) is 0 Å². The molecule has 0 aliphatic carbocycles. The van der Waals surface area contributed by atoms with Crippen LogP contribution < -0.4 is 5.32 Å². The summed E-state index contributed by atoms with van der Waals surface area (Å²) in [4.78, 5) is 3.00. The maximum absolute atomic E-state index is 12.2. The van der Waals surface area contributed by atoms with Crippen molar-refractivity contribution in [2.45, 2.75) is 43.2 Å². The molecule has 116 valence electrons. The second kappa shape index (κ2) is 6.07. The van der Waals surface area contributed by atoms with Crippen LogP contribution in [0.15, 0.2) is 29.2 Å². The number of rotatable bonds is 3. The molecule has 0 bridgehead atoms. The van der Waals surface area contributed by atoms with Gasteiger partial charge in [0.05, 0.1) is 10.6 Å². The Balaban J connectivity index is 1.73. The number of nitrogens with zero attached hydrogens (tertiary/aromatic N) is 1. The summed E-state index contributed by atoms with van der Waals surface area (Å²) in [6, 6.07) is 8.16. The van der Waals surface area contributed by atoms with Crippen LogP contribution in [-0.2, 0) is 9.84 Å². The van der Waals surface area contributed by atoms with E-state index in [4.69, 9.17) is 0 Å². The number of benzene rings is 1. The van der Waals surface area contributed by atoms with Gasteiger partial charge in [-0.3, -0.25) is 0 Å². The third-order valence-electron chi connectivity index (χ3n) is 4.78. The molecule has 0 saturated carbocycles. The highest BCUT2D eigenvalue weighted by atomic mass is 32.2. The molecule has 0 aromatic heterocycles. The molecule has 21 heavy (non-hydrogen) atoms. The van der Waals surface area contributed by atoms with Gasteiger partial charge >= 0.3 is 0 Å². The second-order valence-electron chi connectivity index (χ2n) is 6.07. The van der Waals surface area contributed by atoms with Gasteiger partial charge in [-0.05, 0) is 50.5 Å². The maximum atomic E-state index is 12.2. The van der Waals surface area contributed by atoms with Crippen LogP contribution in [0.4, 0.5) is 0 Å². The molecule has 0 amide bonds. The summed E-state index contributed by atoms with van der Waals surface area (Å²) in [5.41, 5.74) is 0.960. The van der Waals surface area contributed by atoms with E-state index < -0.39 is 9.84 Å². The van der Waals surface area contributed by atoms with Gasteiger partial charge in [-0.25, -0.2) is 8.42 Å². The highest BCUT2D eigenvalue weighted by Crippen LogP contribution is 2.32. The Morgan fingerprint density at radius 3 is 2.62 bits per heavy atom. The van der Waals surface area contributed by atoms with Crippen LogP contribution in [0.2, 0.25) is 0 Å². The van der Waals surface area contributed by atoms with E-state index in [0.29, 0.717) is 17.4 Å². The number of nitrogens with one attached hydrogen (secondary N) is 1. The number of hydrogen-bond acceptors (Lipinski definition) is 4. The van der Waals surface area contributed by atoms with Crippen LogP contribution in [0.5, 0.6) is 0 Å². The Kier molecular flexibility index (Phi) is 4.33. The molecule has 1 N–H and O–H groups in total. The normalized spacial score (nSPS) is 26.4. The van der Waals surface area contributed by atoms with E-state index in [1.54, 1.807) is 6.07 Å². The van der Waals surface area contributed by atoms with Gasteiger partial charge in [-0.15, -0.1) is 0 Å². The first kappa shape index (κ1) is 15.0. The Labute approximate surface area is 127 Å². The number of piperidine rings is 1. The van der Waals surface area contributed by atoms with Gasteiger partial charge < -0.3 is 10.2 Å². The zero-order valence-corrected chi connectivity index (χ0v) is 13.4. The predicted octanol–water partition coefficient (Wildman–Crippen LogP) is 1.98. The largest absolute Gasteiger partial charge is 0.307 e. The van der Waals surface area contributed by atoms with Crippen molar-refractivity contribution in [3.63, 3.8) is 0 Å². The van der Waals surface area contributed by atoms with Crippen molar-refractivity contribution in [3.8, 4) is 0 Å². The van der Waals surface area contributed by atoms with Gasteiger partial charge in [-0.1, -0.05) is 25.1 Å². The van der Waals surface area contributed by atoms with E-state index >= 15 is 0 Å². The van der Waals surface area contributed by atoms with Crippen molar-refractivity contribution in [2.75, 3.05) is 25.4 Å². The highest BCUT2D eigenvalue weighted by Gasteiger charge is 2.31. The summed E-state index contributed by atoms with van der Waals surface area (Å²) >= 11 is 0.